The average Bonchev–Trinajstić information content (AvgIpc) is 3.13. The second-order valence-corrected chi connectivity index (χ2v) is 5.04. The van der Waals surface area contributed by atoms with Gasteiger partial charge in [0.25, 0.3) is 5.91 Å². The molecule has 6 heteroatoms. The molecule has 2 aromatic heterocycles. The van der Waals surface area contributed by atoms with Gasteiger partial charge in [-0.3, -0.25) is 14.8 Å². The number of allylic oxidation sites excluding steroid dienone is 1. The molecular weight excluding hydrogens is 288 g/mol. The Bertz CT molecular complexity index is 697. The van der Waals surface area contributed by atoms with Crippen LogP contribution >= 0.6 is 11.3 Å². The summed E-state index contributed by atoms with van der Waals surface area (Å²) >= 11 is 1.48. The van der Waals surface area contributed by atoms with Crippen LogP contribution in [0.25, 0.3) is 12.2 Å². The first-order valence-electron chi connectivity index (χ1n) is 6.14. The number of amides is 1. The van der Waals surface area contributed by atoms with Crippen LogP contribution < -0.4 is 5.48 Å². The molecule has 0 saturated carbocycles. The Morgan fingerprint density at radius 1 is 1.19 bits per heavy atom. The van der Waals surface area contributed by atoms with Crippen molar-refractivity contribution in [3.8, 4) is 0 Å². The number of rotatable bonds is 5. The highest BCUT2D eigenvalue weighted by molar-refractivity contribution is 7.08. The number of ketones is 1. The number of hydrogen-bond donors (Lipinski definition) is 2. The monoisotopic (exact) mass is 302 g/mol. The summed E-state index contributed by atoms with van der Waals surface area (Å²) in [5.41, 5.74) is 3.81. The van der Waals surface area contributed by atoms with Crippen molar-refractivity contribution in [3.05, 3.63) is 58.1 Å². The van der Waals surface area contributed by atoms with Crippen LogP contribution in [0.2, 0.25) is 0 Å². The largest absolute Gasteiger partial charge is 0.345 e. The lowest BCUT2D eigenvalue weighted by Crippen LogP contribution is -2.14. The first-order valence-corrected chi connectivity index (χ1v) is 7.08. The van der Waals surface area contributed by atoms with E-state index in [1.807, 2.05) is 29.1 Å². The fourth-order valence-corrected chi connectivity index (χ4v) is 2.38. The molecule has 0 radical (unpaired) electrons. The minimum Gasteiger partial charge on any atom is -0.345 e. The van der Waals surface area contributed by atoms with Gasteiger partial charge in [0.1, 0.15) is 0 Å². The fourth-order valence-electron chi connectivity index (χ4n) is 1.74. The van der Waals surface area contributed by atoms with Crippen molar-refractivity contribution in [3.63, 3.8) is 0 Å². The van der Waals surface area contributed by atoms with Crippen LogP contribution in [0.4, 0.5) is 0 Å². The Labute approximate surface area is 125 Å². The van der Waals surface area contributed by atoms with Crippen LogP contribution in [-0.4, -0.2) is 21.5 Å². The molecule has 5 nitrogen and oxygen atoms in total. The molecular formula is C15H14N2O3S. The van der Waals surface area contributed by atoms with E-state index >= 15 is 0 Å². The molecule has 0 saturated heterocycles. The molecule has 108 valence electrons. The lowest BCUT2D eigenvalue weighted by Gasteiger charge is -2.00. The predicted octanol–water partition coefficient (Wildman–Crippen LogP) is 2.50. The number of carbonyl (C=O) groups is 2. The predicted molar refractivity (Wildman–Crippen MR) is 82.1 cm³/mol. The zero-order chi connectivity index (χ0) is 15.2. The number of aromatic nitrogens is 1. The lowest BCUT2D eigenvalue weighted by atomic mass is 10.2. The van der Waals surface area contributed by atoms with Crippen molar-refractivity contribution in [1.29, 1.82) is 0 Å². The van der Waals surface area contributed by atoms with Crippen molar-refractivity contribution >= 4 is 35.2 Å². The van der Waals surface area contributed by atoms with Gasteiger partial charge in [-0.15, -0.1) is 0 Å². The van der Waals surface area contributed by atoms with E-state index in [0.29, 0.717) is 5.56 Å². The number of carbonyl (C=O) groups excluding carboxylic acids is 2. The van der Waals surface area contributed by atoms with Gasteiger partial charge in [0.05, 0.1) is 0 Å². The zero-order valence-corrected chi connectivity index (χ0v) is 12.1. The molecule has 2 aromatic rings. The molecule has 0 fully saturated rings. The molecule has 2 N–H and O–H groups in total. The van der Waals surface area contributed by atoms with Crippen molar-refractivity contribution in [2.45, 2.75) is 0 Å². The summed E-state index contributed by atoms with van der Waals surface area (Å²) in [6, 6.07) is 5.44. The fraction of sp³-hybridized carbons (Fsp3) is 0.0667. The van der Waals surface area contributed by atoms with E-state index in [1.165, 1.54) is 29.0 Å². The van der Waals surface area contributed by atoms with Crippen LogP contribution in [-0.2, 0) is 11.8 Å². The zero-order valence-electron chi connectivity index (χ0n) is 11.3. The van der Waals surface area contributed by atoms with Crippen molar-refractivity contribution in [2.24, 2.45) is 7.05 Å². The molecule has 2 heterocycles. The molecule has 21 heavy (non-hydrogen) atoms. The second-order valence-electron chi connectivity index (χ2n) is 4.26. The van der Waals surface area contributed by atoms with Crippen LogP contribution in [0.15, 0.2) is 41.1 Å². The summed E-state index contributed by atoms with van der Waals surface area (Å²) in [6.45, 7) is 0. The summed E-state index contributed by atoms with van der Waals surface area (Å²) in [5.74, 6) is -0.643. The third-order valence-electron chi connectivity index (χ3n) is 2.93. The van der Waals surface area contributed by atoms with E-state index in [9.17, 15) is 9.59 Å². The Kier molecular flexibility index (Phi) is 4.86. The van der Waals surface area contributed by atoms with Crippen molar-refractivity contribution in [1.82, 2.24) is 10.0 Å². The minimum absolute atomic E-state index is 0.0470. The van der Waals surface area contributed by atoms with E-state index < -0.39 is 5.91 Å². The average molecular weight is 302 g/mol. The number of thiophene rings is 1. The molecule has 0 spiro atoms. The Hall–Kier alpha value is -2.44. The highest BCUT2D eigenvalue weighted by atomic mass is 32.1. The lowest BCUT2D eigenvalue weighted by molar-refractivity contribution is -0.124. The van der Waals surface area contributed by atoms with Crippen molar-refractivity contribution < 1.29 is 14.8 Å². The molecule has 0 aromatic carbocycles. The molecule has 2 rings (SSSR count). The third kappa shape index (κ3) is 3.77. The van der Waals surface area contributed by atoms with E-state index in [0.717, 1.165) is 11.4 Å². The standard InChI is InChI=1S/C15H14N2O3S/c1-17-12(2-3-13(17)5-7-15(19)16-20)4-6-14(18)11-8-9-21-10-11/h2-10,20H,1H3,(H,16,19)/b6-4+,7-5+. The molecule has 0 bridgehead atoms. The summed E-state index contributed by atoms with van der Waals surface area (Å²) < 4.78 is 1.83. The SMILES string of the molecule is Cn1c(/C=C/C(=O)NO)ccc1/C=C/C(=O)c1ccsc1. The topological polar surface area (TPSA) is 71.3 Å². The van der Waals surface area contributed by atoms with E-state index in [4.69, 9.17) is 5.21 Å². The van der Waals surface area contributed by atoms with Crippen LogP contribution in [0, 0.1) is 0 Å². The van der Waals surface area contributed by atoms with E-state index in [2.05, 4.69) is 0 Å². The molecule has 0 aliphatic rings. The quantitative estimate of drug-likeness (QED) is 0.386. The normalized spacial score (nSPS) is 11.3. The first-order chi connectivity index (χ1) is 10.1. The summed E-state index contributed by atoms with van der Waals surface area (Å²) in [6.07, 6.45) is 6.04. The molecule has 0 aliphatic carbocycles. The Morgan fingerprint density at radius 2 is 1.86 bits per heavy atom. The van der Waals surface area contributed by atoms with Gasteiger partial charge in [0.2, 0.25) is 0 Å². The highest BCUT2D eigenvalue weighted by Crippen LogP contribution is 2.12. The molecule has 0 unspecified atom stereocenters. The van der Waals surface area contributed by atoms with Gasteiger partial charge in [-0.05, 0) is 41.8 Å². The minimum atomic E-state index is -0.596. The summed E-state index contributed by atoms with van der Waals surface area (Å²) in [4.78, 5) is 22.8. The van der Waals surface area contributed by atoms with Gasteiger partial charge in [0, 0.05) is 35.5 Å². The van der Waals surface area contributed by atoms with E-state index in [1.54, 1.807) is 23.6 Å². The van der Waals surface area contributed by atoms with Gasteiger partial charge in [0.15, 0.2) is 5.78 Å². The number of nitrogens with one attached hydrogen (secondary N) is 1. The first kappa shape index (κ1) is 15.0. The smallest absolute Gasteiger partial charge is 0.267 e. The third-order valence-corrected chi connectivity index (χ3v) is 3.61. The van der Waals surface area contributed by atoms with Gasteiger partial charge in [-0.2, -0.15) is 11.3 Å². The maximum Gasteiger partial charge on any atom is 0.267 e. The molecule has 0 aliphatic heterocycles. The van der Waals surface area contributed by atoms with E-state index in [-0.39, 0.29) is 5.78 Å². The number of nitrogens with zero attached hydrogens (tertiary/aromatic N) is 1. The highest BCUT2D eigenvalue weighted by Gasteiger charge is 2.03. The van der Waals surface area contributed by atoms with Gasteiger partial charge < -0.3 is 4.57 Å². The Morgan fingerprint density at radius 3 is 2.43 bits per heavy atom. The van der Waals surface area contributed by atoms with Crippen LogP contribution in [0.5, 0.6) is 0 Å². The van der Waals surface area contributed by atoms with Gasteiger partial charge in [-0.1, -0.05) is 0 Å². The van der Waals surface area contributed by atoms with Gasteiger partial charge >= 0.3 is 0 Å². The Balaban J connectivity index is 2.12. The maximum absolute atomic E-state index is 11.9. The number of hydrogen-bond acceptors (Lipinski definition) is 4. The van der Waals surface area contributed by atoms with Crippen LogP contribution in [0.3, 0.4) is 0 Å². The molecule has 1 amide bonds. The van der Waals surface area contributed by atoms with Gasteiger partial charge in [-0.25, -0.2) is 5.48 Å². The summed E-state index contributed by atoms with van der Waals surface area (Å²) in [5, 5.41) is 12.1. The summed E-state index contributed by atoms with van der Waals surface area (Å²) in [7, 11) is 1.82. The second kappa shape index (κ2) is 6.83. The van der Waals surface area contributed by atoms with Crippen LogP contribution in [0.1, 0.15) is 21.7 Å². The molecule has 0 atom stereocenters. The van der Waals surface area contributed by atoms with Crippen molar-refractivity contribution in [2.75, 3.05) is 0 Å². The number of hydroxylamine groups is 1. The maximum atomic E-state index is 11.9.